The number of benzene rings is 1. The third-order valence-corrected chi connectivity index (χ3v) is 3.63. The Hall–Kier alpha value is -1.70. The maximum atomic E-state index is 12.4. The molecular weight excluding hydrogens is 252 g/mol. The highest BCUT2D eigenvalue weighted by Gasteiger charge is 2.30. The molecule has 0 spiro atoms. The first kappa shape index (κ1) is 14.7. The summed E-state index contributed by atoms with van der Waals surface area (Å²) in [5.41, 5.74) is 0.786. The monoisotopic (exact) mass is 273 g/mol. The number of quaternary nitrogens is 1. The van der Waals surface area contributed by atoms with Gasteiger partial charge in [0.2, 0.25) is 5.78 Å². The number of nitrogens with zero attached hydrogens (tertiary/aromatic N) is 1. The summed E-state index contributed by atoms with van der Waals surface area (Å²) in [5, 5.41) is 9.28. The van der Waals surface area contributed by atoms with Gasteiger partial charge in [0.05, 0.1) is 6.07 Å². The molecule has 1 aromatic carbocycles. The lowest BCUT2D eigenvalue weighted by atomic mass is 9.95. The van der Waals surface area contributed by atoms with Crippen LogP contribution in [0.2, 0.25) is 0 Å². The zero-order chi connectivity index (χ0) is 14.5. The number of hydrogen-bond donors (Lipinski definition) is 1. The molecule has 0 radical (unpaired) electrons. The second kappa shape index (κ2) is 6.65. The first-order chi connectivity index (χ1) is 9.60. The summed E-state index contributed by atoms with van der Waals surface area (Å²) in [6.45, 7) is 6.09. The Morgan fingerprint density at radius 2 is 1.95 bits per heavy atom. The topological polar surface area (TPSA) is 54.5 Å². The Balaban J connectivity index is 2.02. The fourth-order valence-corrected chi connectivity index (χ4v) is 2.86. The van der Waals surface area contributed by atoms with E-state index in [9.17, 15) is 10.1 Å². The second-order valence-corrected chi connectivity index (χ2v) is 5.53. The van der Waals surface area contributed by atoms with Crippen LogP contribution in [0.5, 0.6) is 0 Å². The quantitative estimate of drug-likeness (QED) is 0.872. The second-order valence-electron chi connectivity index (χ2n) is 5.53. The van der Waals surface area contributed by atoms with Crippen molar-refractivity contribution in [3.05, 3.63) is 35.9 Å². The number of nitrogens with one attached hydrogen (secondary N) is 1. The Labute approximate surface area is 120 Å². The fraction of sp³-hybridized carbons (Fsp3) is 0.500. The first-order valence-corrected chi connectivity index (χ1v) is 7.06. The summed E-state index contributed by atoms with van der Waals surface area (Å²) in [6.07, 6.45) is 0.331. The van der Waals surface area contributed by atoms with Crippen LogP contribution >= 0.6 is 0 Å². The summed E-state index contributed by atoms with van der Waals surface area (Å²) in [6, 6.07) is 11.4. The first-order valence-electron chi connectivity index (χ1n) is 7.06. The Kier molecular flexibility index (Phi) is 4.89. The zero-order valence-corrected chi connectivity index (χ0v) is 12.0. The van der Waals surface area contributed by atoms with Crippen molar-refractivity contribution >= 4 is 5.78 Å². The van der Waals surface area contributed by atoms with E-state index in [1.54, 1.807) is 0 Å². The lowest BCUT2D eigenvalue weighted by Crippen LogP contribution is -3.16. The third-order valence-electron chi connectivity index (χ3n) is 3.63. The number of rotatable bonds is 4. The minimum absolute atomic E-state index is 0.00463. The van der Waals surface area contributed by atoms with Crippen molar-refractivity contribution in [2.45, 2.75) is 32.0 Å². The van der Waals surface area contributed by atoms with Gasteiger partial charge in [0.25, 0.3) is 0 Å². The molecule has 0 amide bonds. The lowest BCUT2D eigenvalue weighted by molar-refractivity contribution is -0.907. The van der Waals surface area contributed by atoms with Gasteiger partial charge in [-0.15, -0.1) is 0 Å². The van der Waals surface area contributed by atoms with Gasteiger partial charge >= 0.3 is 0 Å². The van der Waals surface area contributed by atoms with Crippen LogP contribution in [0.1, 0.15) is 25.3 Å². The minimum Gasteiger partial charge on any atom is -0.364 e. The molecule has 20 heavy (non-hydrogen) atoms. The van der Waals surface area contributed by atoms with Crippen molar-refractivity contribution in [1.82, 2.24) is 0 Å². The molecule has 0 bridgehead atoms. The molecule has 3 atom stereocenters. The van der Waals surface area contributed by atoms with Crippen molar-refractivity contribution in [2.24, 2.45) is 0 Å². The van der Waals surface area contributed by atoms with Crippen LogP contribution in [0, 0.1) is 11.3 Å². The molecule has 1 heterocycles. The SMILES string of the molecule is C[C@@H]1C[NH+](CC(=O)[C@@H](C#N)c2ccccc2)C[C@@H](C)O1. The predicted molar refractivity (Wildman–Crippen MR) is 75.4 cm³/mol. The average Bonchev–Trinajstić information content (AvgIpc) is 2.39. The van der Waals surface area contributed by atoms with Crippen LogP contribution in [0.4, 0.5) is 0 Å². The van der Waals surface area contributed by atoms with E-state index in [0.717, 1.165) is 18.7 Å². The van der Waals surface area contributed by atoms with Crippen LogP contribution in [0.25, 0.3) is 0 Å². The molecular formula is C16H21N2O2+. The van der Waals surface area contributed by atoms with Gasteiger partial charge < -0.3 is 9.64 Å². The van der Waals surface area contributed by atoms with Gasteiger partial charge in [-0.1, -0.05) is 30.3 Å². The van der Waals surface area contributed by atoms with Crippen LogP contribution in [0.3, 0.4) is 0 Å². The van der Waals surface area contributed by atoms with Gasteiger partial charge in [0, 0.05) is 0 Å². The van der Waals surface area contributed by atoms with Crippen molar-refractivity contribution < 1.29 is 14.4 Å². The number of carbonyl (C=O) groups is 1. The normalized spacial score (nSPS) is 27.6. The molecule has 4 nitrogen and oxygen atoms in total. The van der Waals surface area contributed by atoms with Crippen molar-refractivity contribution in [3.63, 3.8) is 0 Å². The molecule has 1 aromatic rings. The molecule has 1 aliphatic heterocycles. The fourth-order valence-electron chi connectivity index (χ4n) is 2.86. The molecule has 1 aliphatic rings. The summed E-state index contributed by atoms with van der Waals surface area (Å²) >= 11 is 0. The third kappa shape index (κ3) is 3.66. The molecule has 0 saturated carbocycles. The van der Waals surface area contributed by atoms with E-state index >= 15 is 0 Å². The van der Waals surface area contributed by atoms with Gasteiger partial charge in [-0.2, -0.15) is 5.26 Å². The molecule has 2 rings (SSSR count). The van der Waals surface area contributed by atoms with Gasteiger partial charge in [0.1, 0.15) is 37.8 Å². The highest BCUT2D eigenvalue weighted by Crippen LogP contribution is 2.14. The number of nitriles is 1. The van der Waals surface area contributed by atoms with Crippen LogP contribution in [0.15, 0.2) is 30.3 Å². The van der Waals surface area contributed by atoms with E-state index in [-0.39, 0.29) is 18.0 Å². The van der Waals surface area contributed by atoms with E-state index in [2.05, 4.69) is 6.07 Å². The zero-order valence-electron chi connectivity index (χ0n) is 12.0. The van der Waals surface area contributed by atoms with E-state index in [1.165, 1.54) is 4.90 Å². The Morgan fingerprint density at radius 1 is 1.35 bits per heavy atom. The number of ketones is 1. The van der Waals surface area contributed by atoms with Gasteiger partial charge in [-0.05, 0) is 19.4 Å². The molecule has 106 valence electrons. The van der Waals surface area contributed by atoms with Crippen molar-refractivity contribution in [3.8, 4) is 6.07 Å². The van der Waals surface area contributed by atoms with Gasteiger partial charge in [-0.3, -0.25) is 4.79 Å². The lowest BCUT2D eigenvalue weighted by Gasteiger charge is -2.32. The van der Waals surface area contributed by atoms with Crippen LogP contribution < -0.4 is 4.90 Å². The maximum Gasteiger partial charge on any atom is 0.208 e. The summed E-state index contributed by atoms with van der Waals surface area (Å²) in [5.74, 6) is -0.660. The number of carbonyl (C=O) groups excluding carboxylic acids is 1. The van der Waals surface area contributed by atoms with E-state index in [4.69, 9.17) is 4.74 Å². The van der Waals surface area contributed by atoms with Crippen molar-refractivity contribution in [2.75, 3.05) is 19.6 Å². The standard InChI is InChI=1S/C16H20N2O2/c1-12-9-18(10-13(2)20-12)11-16(19)15(8-17)14-6-4-3-5-7-14/h3-7,12-13,15H,9-11H2,1-2H3/p+1/t12-,13-,15+/m1/s1. The van der Waals surface area contributed by atoms with Crippen LogP contribution in [-0.4, -0.2) is 37.6 Å². The molecule has 0 aliphatic carbocycles. The number of ether oxygens (including phenoxy) is 1. The highest BCUT2D eigenvalue weighted by atomic mass is 16.5. The molecule has 1 N–H and O–H groups in total. The average molecular weight is 273 g/mol. The molecule has 0 aromatic heterocycles. The molecule has 0 unspecified atom stereocenters. The van der Waals surface area contributed by atoms with E-state index in [1.807, 2.05) is 44.2 Å². The Bertz CT molecular complexity index is 485. The highest BCUT2D eigenvalue weighted by molar-refractivity contribution is 5.89. The van der Waals surface area contributed by atoms with Crippen molar-refractivity contribution in [1.29, 1.82) is 5.26 Å². The van der Waals surface area contributed by atoms with E-state index < -0.39 is 5.92 Å². The molecule has 1 fully saturated rings. The number of hydrogen-bond acceptors (Lipinski definition) is 3. The number of morpholine rings is 1. The number of Topliss-reactive ketones (excluding diaryl/α,β-unsaturated/α-hetero) is 1. The summed E-state index contributed by atoms with van der Waals surface area (Å²) in [4.78, 5) is 13.6. The predicted octanol–water partition coefficient (Wildman–Crippen LogP) is 0.555. The largest absolute Gasteiger partial charge is 0.364 e. The Morgan fingerprint density at radius 3 is 2.50 bits per heavy atom. The summed E-state index contributed by atoms with van der Waals surface area (Å²) in [7, 11) is 0. The smallest absolute Gasteiger partial charge is 0.208 e. The summed E-state index contributed by atoms with van der Waals surface area (Å²) < 4.78 is 5.67. The van der Waals surface area contributed by atoms with Crippen LogP contribution in [-0.2, 0) is 9.53 Å². The van der Waals surface area contributed by atoms with E-state index in [0.29, 0.717) is 6.54 Å². The maximum absolute atomic E-state index is 12.4. The van der Waals surface area contributed by atoms with Gasteiger partial charge in [0.15, 0.2) is 0 Å². The molecule has 4 heteroatoms. The minimum atomic E-state index is -0.655. The van der Waals surface area contributed by atoms with Gasteiger partial charge in [-0.25, -0.2) is 0 Å². The molecule has 1 saturated heterocycles.